The number of aryl methyl sites for hydroxylation is 2. The predicted molar refractivity (Wildman–Crippen MR) is 105 cm³/mol. The molecule has 1 aromatic carbocycles. The Hall–Kier alpha value is -1.66. The molecular formula is C19H21BrN2O2S. The van der Waals surface area contributed by atoms with Crippen LogP contribution in [0.4, 0.5) is 5.00 Å². The van der Waals surface area contributed by atoms with E-state index in [1.54, 1.807) is 11.3 Å². The summed E-state index contributed by atoms with van der Waals surface area (Å²) in [6.45, 7) is 3.98. The summed E-state index contributed by atoms with van der Waals surface area (Å²) in [7, 11) is 0. The van der Waals surface area contributed by atoms with Crippen LogP contribution in [-0.4, -0.2) is 11.8 Å². The third-order valence-corrected chi connectivity index (χ3v) is 6.13. The lowest BCUT2D eigenvalue weighted by Gasteiger charge is -2.14. The molecule has 0 atom stereocenters. The van der Waals surface area contributed by atoms with Crippen LogP contribution in [-0.2, 0) is 24.2 Å². The highest BCUT2D eigenvalue weighted by Crippen LogP contribution is 2.38. The minimum Gasteiger partial charge on any atom is -0.348 e. The van der Waals surface area contributed by atoms with Gasteiger partial charge in [-0.25, -0.2) is 0 Å². The Morgan fingerprint density at radius 1 is 1.24 bits per heavy atom. The first-order chi connectivity index (χ1) is 12.0. The molecule has 25 heavy (non-hydrogen) atoms. The minimum atomic E-state index is -0.142. The zero-order valence-electron chi connectivity index (χ0n) is 14.4. The van der Waals surface area contributed by atoms with E-state index >= 15 is 0 Å². The standard InChI is InChI=1S/C19H21BrN2O2S/c1-11-9-14(20)8-7-13(11)10-21-18(24)17-15-5-3-4-6-16(15)25-19(17)22-12(2)23/h7-9H,3-6,10H2,1-2H3,(H,21,24)(H,22,23). The van der Waals surface area contributed by atoms with E-state index in [0.29, 0.717) is 17.1 Å². The van der Waals surface area contributed by atoms with E-state index in [1.807, 2.05) is 25.1 Å². The molecule has 4 nitrogen and oxygen atoms in total. The molecule has 0 bridgehead atoms. The molecule has 1 aliphatic carbocycles. The molecule has 3 rings (SSSR count). The Morgan fingerprint density at radius 3 is 2.72 bits per heavy atom. The largest absolute Gasteiger partial charge is 0.348 e. The predicted octanol–water partition coefficient (Wildman–Crippen LogP) is 4.59. The van der Waals surface area contributed by atoms with Crippen molar-refractivity contribution in [3.05, 3.63) is 49.8 Å². The maximum atomic E-state index is 12.9. The summed E-state index contributed by atoms with van der Waals surface area (Å²) in [5, 5.41) is 6.55. The Labute approximate surface area is 160 Å². The molecule has 6 heteroatoms. The molecule has 0 spiro atoms. The zero-order chi connectivity index (χ0) is 18.0. The SMILES string of the molecule is CC(=O)Nc1sc2c(c1C(=O)NCc1ccc(Br)cc1C)CCCC2. The van der Waals surface area contributed by atoms with Crippen molar-refractivity contribution in [3.8, 4) is 0 Å². The van der Waals surface area contributed by atoms with Crippen molar-refractivity contribution < 1.29 is 9.59 Å². The molecule has 0 fully saturated rings. The molecule has 0 saturated heterocycles. The molecule has 0 aliphatic heterocycles. The second-order valence-corrected chi connectivity index (χ2v) is 8.37. The van der Waals surface area contributed by atoms with E-state index in [2.05, 4.69) is 26.6 Å². The van der Waals surface area contributed by atoms with Crippen LogP contribution in [0.15, 0.2) is 22.7 Å². The maximum absolute atomic E-state index is 12.9. The average molecular weight is 421 g/mol. The smallest absolute Gasteiger partial charge is 0.254 e. The second kappa shape index (κ2) is 7.70. The summed E-state index contributed by atoms with van der Waals surface area (Å²) in [6, 6.07) is 6.03. The number of anilines is 1. The van der Waals surface area contributed by atoms with Crippen molar-refractivity contribution in [2.75, 3.05) is 5.32 Å². The van der Waals surface area contributed by atoms with E-state index in [1.165, 1.54) is 11.8 Å². The summed E-state index contributed by atoms with van der Waals surface area (Å²) in [4.78, 5) is 25.6. The van der Waals surface area contributed by atoms with Crippen LogP contribution in [0.25, 0.3) is 0 Å². The summed E-state index contributed by atoms with van der Waals surface area (Å²) in [5.74, 6) is -0.248. The van der Waals surface area contributed by atoms with Crippen LogP contribution in [0.5, 0.6) is 0 Å². The summed E-state index contributed by atoms with van der Waals surface area (Å²) < 4.78 is 1.03. The Balaban J connectivity index is 1.83. The van der Waals surface area contributed by atoms with E-state index in [0.717, 1.165) is 46.8 Å². The molecule has 132 valence electrons. The Morgan fingerprint density at radius 2 is 2.00 bits per heavy atom. The van der Waals surface area contributed by atoms with E-state index in [-0.39, 0.29) is 11.8 Å². The van der Waals surface area contributed by atoms with Gasteiger partial charge in [0.1, 0.15) is 5.00 Å². The van der Waals surface area contributed by atoms with Crippen LogP contribution < -0.4 is 10.6 Å². The number of nitrogens with one attached hydrogen (secondary N) is 2. The van der Waals surface area contributed by atoms with Gasteiger partial charge in [0.05, 0.1) is 5.56 Å². The molecule has 0 saturated carbocycles. The highest BCUT2D eigenvalue weighted by molar-refractivity contribution is 9.10. The van der Waals surface area contributed by atoms with Gasteiger partial charge in [-0.15, -0.1) is 11.3 Å². The number of fused-ring (bicyclic) bond motifs is 1. The lowest BCUT2D eigenvalue weighted by atomic mass is 9.95. The van der Waals surface area contributed by atoms with Gasteiger partial charge in [-0.3, -0.25) is 9.59 Å². The van der Waals surface area contributed by atoms with Gasteiger partial charge in [0.25, 0.3) is 5.91 Å². The lowest BCUT2D eigenvalue weighted by Crippen LogP contribution is -2.25. The molecule has 2 amide bonds. The van der Waals surface area contributed by atoms with E-state index in [4.69, 9.17) is 0 Å². The van der Waals surface area contributed by atoms with Gasteiger partial charge in [0.15, 0.2) is 0 Å². The number of carbonyl (C=O) groups excluding carboxylic acids is 2. The number of benzene rings is 1. The Bertz CT molecular complexity index is 829. The fourth-order valence-electron chi connectivity index (χ4n) is 3.18. The van der Waals surface area contributed by atoms with Crippen molar-refractivity contribution in [1.29, 1.82) is 0 Å². The fraction of sp³-hybridized carbons (Fsp3) is 0.368. The number of carbonyl (C=O) groups is 2. The highest BCUT2D eigenvalue weighted by Gasteiger charge is 2.25. The van der Waals surface area contributed by atoms with Crippen LogP contribution >= 0.6 is 27.3 Å². The van der Waals surface area contributed by atoms with Crippen LogP contribution in [0.1, 0.15) is 51.7 Å². The quantitative estimate of drug-likeness (QED) is 0.759. The zero-order valence-corrected chi connectivity index (χ0v) is 16.8. The van der Waals surface area contributed by atoms with Gasteiger partial charge in [-0.1, -0.05) is 22.0 Å². The number of thiophene rings is 1. The van der Waals surface area contributed by atoms with Gasteiger partial charge in [-0.2, -0.15) is 0 Å². The highest BCUT2D eigenvalue weighted by atomic mass is 79.9. The number of halogens is 1. The van der Waals surface area contributed by atoms with Crippen molar-refractivity contribution in [2.45, 2.75) is 46.1 Å². The molecular weight excluding hydrogens is 400 g/mol. The van der Waals surface area contributed by atoms with Crippen LogP contribution in [0.3, 0.4) is 0 Å². The first-order valence-corrected chi connectivity index (χ1v) is 10.0. The maximum Gasteiger partial charge on any atom is 0.254 e. The van der Waals surface area contributed by atoms with Crippen molar-refractivity contribution in [3.63, 3.8) is 0 Å². The number of hydrogen-bond acceptors (Lipinski definition) is 3. The van der Waals surface area contributed by atoms with Crippen molar-refractivity contribution in [2.24, 2.45) is 0 Å². The summed E-state index contributed by atoms with van der Waals surface area (Å²) in [6.07, 6.45) is 4.14. The third kappa shape index (κ3) is 4.12. The average Bonchev–Trinajstić information content (AvgIpc) is 2.90. The van der Waals surface area contributed by atoms with E-state index in [9.17, 15) is 9.59 Å². The second-order valence-electron chi connectivity index (χ2n) is 6.35. The van der Waals surface area contributed by atoms with Gasteiger partial charge in [0, 0.05) is 22.8 Å². The van der Waals surface area contributed by atoms with Gasteiger partial charge >= 0.3 is 0 Å². The molecule has 2 N–H and O–H groups in total. The number of amides is 2. The third-order valence-electron chi connectivity index (χ3n) is 4.43. The number of rotatable bonds is 4. The van der Waals surface area contributed by atoms with Gasteiger partial charge in [-0.05, 0) is 61.4 Å². The molecule has 1 aliphatic rings. The monoisotopic (exact) mass is 420 g/mol. The van der Waals surface area contributed by atoms with Gasteiger partial charge < -0.3 is 10.6 Å². The number of hydrogen-bond donors (Lipinski definition) is 2. The van der Waals surface area contributed by atoms with Crippen LogP contribution in [0, 0.1) is 6.92 Å². The topological polar surface area (TPSA) is 58.2 Å². The first kappa shape index (κ1) is 18.1. The lowest BCUT2D eigenvalue weighted by molar-refractivity contribution is -0.114. The minimum absolute atomic E-state index is 0.106. The molecule has 1 heterocycles. The van der Waals surface area contributed by atoms with Gasteiger partial charge in [0.2, 0.25) is 5.91 Å². The molecule has 2 aromatic rings. The fourth-order valence-corrected chi connectivity index (χ4v) is 4.98. The first-order valence-electron chi connectivity index (χ1n) is 8.41. The van der Waals surface area contributed by atoms with Crippen molar-refractivity contribution >= 4 is 44.1 Å². The van der Waals surface area contributed by atoms with E-state index < -0.39 is 0 Å². The van der Waals surface area contributed by atoms with Crippen LogP contribution in [0.2, 0.25) is 0 Å². The molecule has 0 radical (unpaired) electrons. The van der Waals surface area contributed by atoms with Crippen molar-refractivity contribution in [1.82, 2.24) is 5.32 Å². The summed E-state index contributed by atoms with van der Waals surface area (Å²) >= 11 is 5.00. The Kier molecular flexibility index (Phi) is 5.59. The molecule has 1 aromatic heterocycles. The molecule has 0 unspecified atom stereocenters. The normalized spacial score (nSPS) is 13.2. The summed E-state index contributed by atoms with van der Waals surface area (Å²) in [5.41, 5.74) is 3.99.